The van der Waals surface area contributed by atoms with Crippen molar-refractivity contribution in [2.24, 2.45) is 5.92 Å². The molecule has 0 aliphatic rings. The molecule has 0 heterocycles. The molecular weight excluding hydrogens is 334 g/mol. The second-order valence-corrected chi connectivity index (χ2v) is 6.82. The molecule has 1 unspecified atom stereocenters. The highest BCUT2D eigenvalue weighted by molar-refractivity contribution is 9.09. The summed E-state index contributed by atoms with van der Waals surface area (Å²) < 4.78 is 27.3. The van der Waals surface area contributed by atoms with Gasteiger partial charge < -0.3 is 0 Å². The van der Waals surface area contributed by atoms with Crippen molar-refractivity contribution in [2.45, 2.75) is 31.5 Å². The normalized spacial score (nSPS) is 12.7. The summed E-state index contributed by atoms with van der Waals surface area (Å²) in [4.78, 5) is -0.100. The van der Waals surface area contributed by atoms with Crippen molar-refractivity contribution >= 4 is 15.9 Å². The maximum absolute atomic E-state index is 13.7. The van der Waals surface area contributed by atoms with Crippen LogP contribution in [0, 0.1) is 17.6 Å². The molecule has 0 N–H and O–H groups in total. The molecule has 0 nitrogen and oxygen atoms in total. The van der Waals surface area contributed by atoms with Crippen LogP contribution in [0.1, 0.15) is 35.4 Å². The molecule has 0 spiro atoms. The summed E-state index contributed by atoms with van der Waals surface area (Å²) in [5, 5.41) is 0. The van der Waals surface area contributed by atoms with Crippen molar-refractivity contribution in [3.8, 4) is 0 Å². The zero-order valence-electron chi connectivity index (χ0n) is 12.2. The minimum absolute atomic E-state index is 0.100. The van der Waals surface area contributed by atoms with E-state index < -0.39 is 11.6 Å². The lowest BCUT2D eigenvalue weighted by molar-refractivity contribution is 0.554. The highest BCUT2D eigenvalue weighted by Crippen LogP contribution is 2.29. The zero-order valence-corrected chi connectivity index (χ0v) is 13.8. The molecule has 0 fully saturated rings. The summed E-state index contributed by atoms with van der Waals surface area (Å²) in [6.45, 7) is 4.37. The van der Waals surface area contributed by atoms with E-state index in [9.17, 15) is 8.78 Å². The van der Waals surface area contributed by atoms with Gasteiger partial charge in [0, 0.05) is 10.4 Å². The third-order valence-corrected chi connectivity index (χ3v) is 4.28. The van der Waals surface area contributed by atoms with Crippen LogP contribution in [0.3, 0.4) is 0 Å². The highest BCUT2D eigenvalue weighted by atomic mass is 79.9. The quantitative estimate of drug-likeness (QED) is 0.592. The first kappa shape index (κ1) is 16.2. The van der Waals surface area contributed by atoms with E-state index >= 15 is 0 Å². The van der Waals surface area contributed by atoms with Crippen molar-refractivity contribution in [1.82, 2.24) is 0 Å². The molecule has 0 saturated heterocycles. The minimum atomic E-state index is -0.490. The van der Waals surface area contributed by atoms with Crippen molar-refractivity contribution in [2.75, 3.05) is 0 Å². The Kier molecular flexibility index (Phi) is 5.51. The number of benzene rings is 2. The van der Waals surface area contributed by atoms with E-state index in [-0.39, 0.29) is 10.4 Å². The number of rotatable bonds is 5. The smallest absolute Gasteiger partial charge is 0.129 e. The molecule has 0 bridgehead atoms. The molecule has 0 aliphatic heterocycles. The van der Waals surface area contributed by atoms with Crippen molar-refractivity contribution in [3.63, 3.8) is 0 Å². The molecule has 0 amide bonds. The second kappa shape index (κ2) is 7.17. The van der Waals surface area contributed by atoms with Crippen LogP contribution in [0.5, 0.6) is 0 Å². The Hall–Kier alpha value is -1.22. The van der Waals surface area contributed by atoms with Gasteiger partial charge in [0.05, 0.1) is 0 Å². The summed E-state index contributed by atoms with van der Waals surface area (Å²) in [6.07, 6.45) is 1.33. The van der Waals surface area contributed by atoms with Gasteiger partial charge >= 0.3 is 0 Å². The second-order valence-electron chi connectivity index (χ2n) is 5.71. The summed E-state index contributed by atoms with van der Waals surface area (Å²) in [5.41, 5.74) is 2.45. The molecule has 1 atom stereocenters. The third kappa shape index (κ3) is 4.37. The molecule has 112 valence electrons. The van der Waals surface area contributed by atoms with Gasteiger partial charge in [-0.15, -0.1) is 0 Å². The fraction of sp³-hybridized carbons (Fsp3) is 0.333. The first-order chi connectivity index (χ1) is 9.97. The third-order valence-electron chi connectivity index (χ3n) is 3.43. The number of hydrogen-bond donors (Lipinski definition) is 0. The van der Waals surface area contributed by atoms with Gasteiger partial charge in [0.15, 0.2) is 0 Å². The van der Waals surface area contributed by atoms with Gasteiger partial charge in [-0.05, 0) is 42.0 Å². The molecule has 2 aromatic rings. The first-order valence-electron chi connectivity index (χ1n) is 7.13. The Morgan fingerprint density at radius 2 is 1.48 bits per heavy atom. The van der Waals surface area contributed by atoms with Gasteiger partial charge in [0.2, 0.25) is 0 Å². The molecule has 0 radical (unpaired) electrons. The van der Waals surface area contributed by atoms with Crippen molar-refractivity contribution in [3.05, 3.63) is 70.8 Å². The lowest BCUT2D eigenvalue weighted by Gasteiger charge is -2.13. The van der Waals surface area contributed by atoms with Crippen LogP contribution in [0.15, 0.2) is 42.5 Å². The molecular formula is C18H19BrF2. The largest absolute Gasteiger partial charge is 0.207 e. The van der Waals surface area contributed by atoms with Gasteiger partial charge in [-0.3, -0.25) is 0 Å². The van der Waals surface area contributed by atoms with E-state index in [0.717, 1.165) is 12.0 Å². The molecule has 2 rings (SSSR count). The average Bonchev–Trinajstić information content (AvgIpc) is 2.43. The van der Waals surface area contributed by atoms with E-state index in [1.54, 1.807) is 0 Å². The van der Waals surface area contributed by atoms with Crippen LogP contribution in [0.25, 0.3) is 0 Å². The lowest BCUT2D eigenvalue weighted by Crippen LogP contribution is -2.02. The fourth-order valence-corrected chi connectivity index (χ4v) is 2.99. The molecule has 0 aromatic heterocycles. The number of alkyl halides is 1. The first-order valence-corrected chi connectivity index (χ1v) is 8.04. The topological polar surface area (TPSA) is 0 Å². The molecule has 2 aromatic carbocycles. The Balaban J connectivity index is 2.11. The minimum Gasteiger partial charge on any atom is -0.207 e. The van der Waals surface area contributed by atoms with E-state index in [0.29, 0.717) is 12.3 Å². The van der Waals surface area contributed by atoms with E-state index in [1.807, 2.05) is 12.1 Å². The molecule has 3 heteroatoms. The van der Waals surface area contributed by atoms with Crippen LogP contribution in [0.4, 0.5) is 8.78 Å². The predicted molar refractivity (Wildman–Crippen MR) is 86.7 cm³/mol. The SMILES string of the molecule is CC(C)Cc1ccc(C(Br)Cc2c(F)cccc2F)cc1. The highest BCUT2D eigenvalue weighted by Gasteiger charge is 2.15. The van der Waals surface area contributed by atoms with Crippen LogP contribution < -0.4 is 0 Å². The molecule has 0 aliphatic carbocycles. The van der Waals surface area contributed by atoms with Crippen LogP contribution in [0.2, 0.25) is 0 Å². The Morgan fingerprint density at radius 1 is 0.905 bits per heavy atom. The maximum Gasteiger partial charge on any atom is 0.129 e. The van der Waals surface area contributed by atoms with E-state index in [1.165, 1.54) is 23.8 Å². The average molecular weight is 353 g/mol. The molecule has 0 saturated carbocycles. The fourth-order valence-electron chi connectivity index (χ4n) is 2.36. The Labute approximate surface area is 133 Å². The Bertz CT molecular complexity index is 570. The lowest BCUT2D eigenvalue weighted by atomic mass is 9.99. The van der Waals surface area contributed by atoms with Crippen LogP contribution in [-0.4, -0.2) is 0 Å². The van der Waals surface area contributed by atoms with Gasteiger partial charge in [-0.2, -0.15) is 0 Å². The summed E-state index contributed by atoms with van der Waals surface area (Å²) in [5.74, 6) is -0.366. The monoisotopic (exact) mass is 352 g/mol. The summed E-state index contributed by atoms with van der Waals surface area (Å²) in [6, 6.07) is 12.2. The van der Waals surface area contributed by atoms with E-state index in [4.69, 9.17) is 0 Å². The Morgan fingerprint density at radius 3 is 2.00 bits per heavy atom. The summed E-state index contributed by atoms with van der Waals surface area (Å²) >= 11 is 3.53. The van der Waals surface area contributed by atoms with Gasteiger partial charge in [0.1, 0.15) is 11.6 Å². The number of hydrogen-bond acceptors (Lipinski definition) is 0. The zero-order chi connectivity index (χ0) is 15.4. The number of halogens is 3. The van der Waals surface area contributed by atoms with Crippen molar-refractivity contribution < 1.29 is 8.78 Å². The van der Waals surface area contributed by atoms with Gasteiger partial charge in [-0.25, -0.2) is 8.78 Å². The van der Waals surface area contributed by atoms with Gasteiger partial charge in [0.25, 0.3) is 0 Å². The van der Waals surface area contributed by atoms with Crippen molar-refractivity contribution in [1.29, 1.82) is 0 Å². The van der Waals surface area contributed by atoms with Crippen LogP contribution >= 0.6 is 15.9 Å². The van der Waals surface area contributed by atoms with Crippen LogP contribution in [-0.2, 0) is 12.8 Å². The summed E-state index contributed by atoms with van der Waals surface area (Å²) in [7, 11) is 0. The van der Waals surface area contributed by atoms with Gasteiger partial charge in [-0.1, -0.05) is 60.1 Å². The molecule has 21 heavy (non-hydrogen) atoms. The maximum atomic E-state index is 13.7. The standard InChI is InChI=1S/C18H19BrF2/c1-12(2)10-13-6-8-14(9-7-13)16(19)11-15-17(20)4-3-5-18(15)21/h3-9,12,16H,10-11H2,1-2H3. The predicted octanol–water partition coefficient (Wildman–Crippen LogP) is 5.84. The van der Waals surface area contributed by atoms with E-state index in [2.05, 4.69) is 41.9 Å².